The molecule has 0 aromatic heterocycles. The van der Waals surface area contributed by atoms with Crippen molar-refractivity contribution in [1.29, 1.82) is 0 Å². The number of halogens is 1. The quantitative estimate of drug-likeness (QED) is 0.881. The van der Waals surface area contributed by atoms with Gasteiger partial charge >= 0.3 is 12.0 Å². The number of carbonyl (C=O) groups excluding carboxylic acids is 1. The van der Waals surface area contributed by atoms with Crippen molar-refractivity contribution in [1.82, 2.24) is 10.2 Å². The zero-order chi connectivity index (χ0) is 16.9. The number of carbonyl (C=O) groups is 2. The first-order chi connectivity index (χ1) is 11.5. The lowest BCUT2D eigenvalue weighted by molar-refractivity contribution is -0.149. The summed E-state index contributed by atoms with van der Waals surface area (Å²) < 4.78 is 0. The molecule has 128 valence electrons. The highest BCUT2D eigenvalue weighted by Gasteiger charge is 2.56. The number of nitrogens with one attached hydrogen (secondary N) is 1. The summed E-state index contributed by atoms with van der Waals surface area (Å²) >= 11 is 6.02. The Kier molecular flexibility index (Phi) is 3.71. The molecule has 2 saturated carbocycles. The third-order valence-electron chi connectivity index (χ3n) is 5.96. The molecule has 1 aromatic rings. The van der Waals surface area contributed by atoms with Gasteiger partial charge in [-0.1, -0.05) is 30.2 Å². The standard InChI is InChI=1S/C18H21ClN2O3/c19-13-5-1-3-11(7-13)14-8-15(14)20-17(24)21-9-12-4-2-6-18(12,10-21)16(22)23/h1,3,5,7,12,14-15H,2,4,6,8-10H2,(H,20,24)(H,22,23)/t12-,14-,15+,18+/m0/s1. The molecule has 2 amide bonds. The number of nitrogens with zero attached hydrogens (tertiary/aromatic N) is 1. The molecule has 6 heteroatoms. The van der Waals surface area contributed by atoms with E-state index >= 15 is 0 Å². The largest absolute Gasteiger partial charge is 0.481 e. The summed E-state index contributed by atoms with van der Waals surface area (Å²) in [6.07, 6.45) is 3.45. The number of benzene rings is 1. The molecule has 0 unspecified atom stereocenters. The van der Waals surface area contributed by atoms with E-state index in [-0.39, 0.29) is 18.0 Å². The van der Waals surface area contributed by atoms with Gasteiger partial charge in [0.05, 0.1) is 5.41 Å². The van der Waals surface area contributed by atoms with Crippen LogP contribution in [0.4, 0.5) is 4.79 Å². The normalized spacial score (nSPS) is 34.0. The topological polar surface area (TPSA) is 69.6 Å². The monoisotopic (exact) mass is 348 g/mol. The van der Waals surface area contributed by atoms with Crippen molar-refractivity contribution in [2.45, 2.75) is 37.6 Å². The predicted octanol–water partition coefficient (Wildman–Crippen LogP) is 3.09. The maximum atomic E-state index is 12.5. The Bertz CT molecular complexity index is 695. The number of carboxylic acids is 1. The Morgan fingerprint density at radius 1 is 1.38 bits per heavy atom. The molecule has 4 atom stereocenters. The average molecular weight is 349 g/mol. The second-order valence-electron chi connectivity index (χ2n) is 7.38. The van der Waals surface area contributed by atoms with Crippen LogP contribution in [0, 0.1) is 11.3 Å². The molecule has 1 aromatic carbocycles. The Morgan fingerprint density at radius 3 is 2.92 bits per heavy atom. The molecule has 5 nitrogen and oxygen atoms in total. The number of rotatable bonds is 3. The van der Waals surface area contributed by atoms with Crippen molar-refractivity contribution in [3.63, 3.8) is 0 Å². The van der Waals surface area contributed by atoms with Crippen LogP contribution >= 0.6 is 11.6 Å². The SMILES string of the molecule is O=C(N[C@@H]1C[C@H]1c1cccc(Cl)c1)N1C[C@@H]2CCC[C@@]2(C(=O)O)C1. The fourth-order valence-corrected chi connectivity index (χ4v) is 4.70. The van der Waals surface area contributed by atoms with E-state index in [1.165, 1.54) is 0 Å². The number of urea groups is 1. The van der Waals surface area contributed by atoms with Crippen LogP contribution in [0.5, 0.6) is 0 Å². The van der Waals surface area contributed by atoms with E-state index in [0.29, 0.717) is 30.5 Å². The van der Waals surface area contributed by atoms with Crippen LogP contribution in [0.2, 0.25) is 5.02 Å². The maximum absolute atomic E-state index is 12.5. The van der Waals surface area contributed by atoms with Gasteiger partial charge in [-0.2, -0.15) is 0 Å². The summed E-state index contributed by atoms with van der Waals surface area (Å²) in [5.41, 5.74) is 0.431. The first kappa shape index (κ1) is 15.8. The number of fused-ring (bicyclic) bond motifs is 1. The Hall–Kier alpha value is -1.75. The van der Waals surface area contributed by atoms with E-state index in [0.717, 1.165) is 24.8 Å². The van der Waals surface area contributed by atoms with Crippen LogP contribution in [0.15, 0.2) is 24.3 Å². The molecule has 24 heavy (non-hydrogen) atoms. The van der Waals surface area contributed by atoms with Crippen molar-refractivity contribution < 1.29 is 14.7 Å². The molecular formula is C18H21ClN2O3. The predicted molar refractivity (Wildman–Crippen MR) is 90.1 cm³/mol. The van der Waals surface area contributed by atoms with Gasteiger partial charge in [-0.25, -0.2) is 4.79 Å². The van der Waals surface area contributed by atoms with Crippen LogP contribution < -0.4 is 5.32 Å². The van der Waals surface area contributed by atoms with Crippen molar-refractivity contribution in [3.8, 4) is 0 Å². The molecule has 1 aliphatic heterocycles. The minimum atomic E-state index is -0.747. The number of amides is 2. The molecular weight excluding hydrogens is 328 g/mol. The maximum Gasteiger partial charge on any atom is 0.317 e. The van der Waals surface area contributed by atoms with Gasteiger partial charge in [0.2, 0.25) is 0 Å². The van der Waals surface area contributed by atoms with Gasteiger partial charge in [0, 0.05) is 30.1 Å². The van der Waals surface area contributed by atoms with Gasteiger partial charge in [-0.15, -0.1) is 0 Å². The highest BCUT2D eigenvalue weighted by molar-refractivity contribution is 6.30. The highest BCUT2D eigenvalue weighted by atomic mass is 35.5. The summed E-state index contributed by atoms with van der Waals surface area (Å²) in [5.74, 6) is -0.338. The van der Waals surface area contributed by atoms with Gasteiger partial charge in [0.25, 0.3) is 0 Å². The Morgan fingerprint density at radius 2 is 2.21 bits per heavy atom. The van der Waals surface area contributed by atoms with Crippen LogP contribution in [0.3, 0.4) is 0 Å². The smallest absolute Gasteiger partial charge is 0.317 e. The molecule has 0 bridgehead atoms. The van der Waals surface area contributed by atoms with Crippen LogP contribution in [-0.4, -0.2) is 41.1 Å². The first-order valence-electron chi connectivity index (χ1n) is 8.54. The van der Waals surface area contributed by atoms with E-state index in [4.69, 9.17) is 11.6 Å². The molecule has 3 aliphatic rings. The molecule has 0 radical (unpaired) electrons. The molecule has 4 rings (SSSR count). The molecule has 0 spiro atoms. The van der Waals surface area contributed by atoms with Crippen molar-refractivity contribution in [2.75, 3.05) is 13.1 Å². The van der Waals surface area contributed by atoms with Gasteiger partial charge in [-0.05, 0) is 42.9 Å². The van der Waals surface area contributed by atoms with Gasteiger partial charge < -0.3 is 15.3 Å². The Balaban J connectivity index is 1.38. The number of likely N-dealkylation sites (tertiary alicyclic amines) is 1. The van der Waals surface area contributed by atoms with Gasteiger partial charge in [0.15, 0.2) is 0 Å². The van der Waals surface area contributed by atoms with Crippen molar-refractivity contribution in [2.24, 2.45) is 11.3 Å². The molecule has 2 aliphatic carbocycles. The third-order valence-corrected chi connectivity index (χ3v) is 6.20. The van der Waals surface area contributed by atoms with E-state index in [9.17, 15) is 14.7 Å². The molecule has 1 heterocycles. The third kappa shape index (κ3) is 2.55. The summed E-state index contributed by atoms with van der Waals surface area (Å²) in [4.78, 5) is 25.9. The molecule has 3 fully saturated rings. The zero-order valence-electron chi connectivity index (χ0n) is 13.4. The first-order valence-corrected chi connectivity index (χ1v) is 8.92. The average Bonchev–Trinajstić information content (AvgIpc) is 3.01. The number of aliphatic carboxylic acids is 1. The number of carboxylic acid groups (broad SMARTS) is 1. The summed E-state index contributed by atoms with van der Waals surface area (Å²) in [7, 11) is 0. The van der Waals surface area contributed by atoms with Crippen molar-refractivity contribution >= 4 is 23.6 Å². The fourth-order valence-electron chi connectivity index (χ4n) is 4.50. The minimum Gasteiger partial charge on any atom is -0.481 e. The van der Waals surface area contributed by atoms with E-state index < -0.39 is 11.4 Å². The minimum absolute atomic E-state index is 0.101. The fraction of sp³-hybridized carbons (Fsp3) is 0.556. The summed E-state index contributed by atoms with van der Waals surface area (Å²) in [6.45, 7) is 0.903. The Labute approximate surface area is 146 Å². The van der Waals surface area contributed by atoms with E-state index in [2.05, 4.69) is 5.32 Å². The van der Waals surface area contributed by atoms with Crippen LogP contribution in [0.1, 0.15) is 37.2 Å². The summed E-state index contributed by atoms with van der Waals surface area (Å²) in [5, 5.41) is 13.4. The number of hydrogen-bond donors (Lipinski definition) is 2. The lowest BCUT2D eigenvalue weighted by Crippen LogP contribution is -2.42. The lowest BCUT2D eigenvalue weighted by atomic mass is 9.81. The van der Waals surface area contributed by atoms with Crippen LogP contribution in [-0.2, 0) is 4.79 Å². The van der Waals surface area contributed by atoms with E-state index in [1.54, 1.807) is 4.90 Å². The summed E-state index contributed by atoms with van der Waals surface area (Å²) in [6, 6.07) is 7.74. The number of hydrogen-bond acceptors (Lipinski definition) is 2. The van der Waals surface area contributed by atoms with Crippen molar-refractivity contribution in [3.05, 3.63) is 34.9 Å². The molecule has 2 N–H and O–H groups in total. The second kappa shape index (κ2) is 5.66. The second-order valence-corrected chi connectivity index (χ2v) is 7.82. The molecule has 1 saturated heterocycles. The highest BCUT2D eigenvalue weighted by Crippen LogP contribution is 2.49. The van der Waals surface area contributed by atoms with Gasteiger partial charge in [-0.3, -0.25) is 4.79 Å². The van der Waals surface area contributed by atoms with Gasteiger partial charge in [0.1, 0.15) is 0 Å². The van der Waals surface area contributed by atoms with E-state index in [1.807, 2.05) is 24.3 Å². The van der Waals surface area contributed by atoms with Crippen LogP contribution in [0.25, 0.3) is 0 Å². The lowest BCUT2D eigenvalue weighted by Gasteiger charge is -2.23. The zero-order valence-corrected chi connectivity index (χ0v) is 14.1.